The molecule has 0 aromatic heterocycles. The molecular formula is C34H39ClF3N3O4S. The van der Waals surface area contributed by atoms with E-state index in [2.05, 4.69) is 5.32 Å². The fraction of sp³-hybridized carbons (Fsp3) is 0.412. The van der Waals surface area contributed by atoms with Crippen LogP contribution in [0.25, 0.3) is 0 Å². The van der Waals surface area contributed by atoms with E-state index in [1.54, 1.807) is 24.3 Å². The second-order valence-electron chi connectivity index (χ2n) is 11.6. The van der Waals surface area contributed by atoms with Gasteiger partial charge in [-0.05, 0) is 54.7 Å². The molecule has 0 aliphatic heterocycles. The molecule has 1 aliphatic rings. The molecule has 0 bridgehead atoms. The summed E-state index contributed by atoms with van der Waals surface area (Å²) >= 11 is 6.49. The number of halogens is 4. The van der Waals surface area contributed by atoms with Gasteiger partial charge >= 0.3 is 6.18 Å². The van der Waals surface area contributed by atoms with Crippen molar-refractivity contribution < 1.29 is 31.2 Å². The maximum Gasteiger partial charge on any atom is 0.416 e. The maximum atomic E-state index is 14.0. The van der Waals surface area contributed by atoms with Crippen molar-refractivity contribution in [2.45, 2.75) is 76.2 Å². The average molecular weight is 678 g/mol. The summed E-state index contributed by atoms with van der Waals surface area (Å²) in [6, 6.07) is 19.6. The van der Waals surface area contributed by atoms with Gasteiger partial charge in [-0.1, -0.05) is 85.5 Å². The third-order valence-electron chi connectivity index (χ3n) is 8.13. The summed E-state index contributed by atoms with van der Waals surface area (Å²) in [5.41, 5.74) is 0.374. The van der Waals surface area contributed by atoms with Gasteiger partial charge in [0, 0.05) is 37.0 Å². The van der Waals surface area contributed by atoms with E-state index >= 15 is 0 Å². The molecule has 0 heterocycles. The van der Waals surface area contributed by atoms with E-state index in [-0.39, 0.29) is 50.0 Å². The highest BCUT2D eigenvalue weighted by atomic mass is 35.5. The van der Waals surface area contributed by atoms with Gasteiger partial charge in [-0.3, -0.25) is 13.9 Å². The molecule has 46 heavy (non-hydrogen) atoms. The fourth-order valence-electron chi connectivity index (χ4n) is 5.75. The summed E-state index contributed by atoms with van der Waals surface area (Å²) in [4.78, 5) is 29.4. The van der Waals surface area contributed by atoms with Gasteiger partial charge in [-0.15, -0.1) is 0 Å². The van der Waals surface area contributed by atoms with Crippen molar-refractivity contribution >= 4 is 39.1 Å². The standard InChI is InChI=1S/C34H39ClF3N3O4S/c1-46(44,45)41(29-18-10-15-27(23-29)34(36,37)38)21-11-20-32(42)40(24-26-14-8-9-19-30(26)35)31(22-25-12-4-2-5-13-25)33(43)39-28-16-6-3-7-17-28/h2,4-5,8-10,12-15,18-19,23,28,31H,3,6-7,11,16-17,20-22,24H2,1H3,(H,39,43)/t31-/m1/s1. The molecule has 0 spiro atoms. The molecular weight excluding hydrogens is 639 g/mol. The van der Waals surface area contributed by atoms with Crippen LogP contribution < -0.4 is 9.62 Å². The van der Waals surface area contributed by atoms with E-state index in [4.69, 9.17) is 11.6 Å². The molecule has 1 aliphatic carbocycles. The molecule has 2 amide bonds. The SMILES string of the molecule is CS(=O)(=O)N(CCCC(=O)N(Cc1ccccc1Cl)[C@H](Cc1ccccc1)C(=O)NC1CCCCC1)c1cccc(C(F)(F)F)c1. The fourth-order valence-corrected chi connectivity index (χ4v) is 6.90. The minimum atomic E-state index is -4.65. The van der Waals surface area contributed by atoms with Crippen molar-refractivity contribution in [1.29, 1.82) is 0 Å². The van der Waals surface area contributed by atoms with Gasteiger partial charge in [0.25, 0.3) is 0 Å². The second-order valence-corrected chi connectivity index (χ2v) is 14.0. The molecule has 1 atom stereocenters. The van der Waals surface area contributed by atoms with Crippen molar-refractivity contribution in [1.82, 2.24) is 10.2 Å². The molecule has 1 fully saturated rings. The number of nitrogens with zero attached hydrogens (tertiary/aromatic N) is 2. The zero-order valence-corrected chi connectivity index (χ0v) is 27.3. The number of rotatable bonds is 13. The van der Waals surface area contributed by atoms with Crippen LogP contribution in [0.5, 0.6) is 0 Å². The Bertz CT molecular complexity index is 1580. The van der Waals surface area contributed by atoms with E-state index in [0.717, 1.165) is 66.4 Å². The molecule has 4 rings (SSSR count). The number of carbonyl (C=O) groups excluding carboxylic acids is 2. The van der Waals surface area contributed by atoms with E-state index in [0.29, 0.717) is 10.6 Å². The van der Waals surface area contributed by atoms with Gasteiger partial charge in [0.15, 0.2) is 0 Å². The van der Waals surface area contributed by atoms with Crippen molar-refractivity contribution in [3.8, 4) is 0 Å². The van der Waals surface area contributed by atoms with Crippen LogP contribution in [-0.4, -0.2) is 50.0 Å². The molecule has 0 unspecified atom stereocenters. The minimum Gasteiger partial charge on any atom is -0.352 e. The Morgan fingerprint density at radius 2 is 1.63 bits per heavy atom. The van der Waals surface area contributed by atoms with Gasteiger partial charge < -0.3 is 10.2 Å². The molecule has 1 N–H and O–H groups in total. The number of nitrogens with one attached hydrogen (secondary N) is 1. The predicted octanol–water partition coefficient (Wildman–Crippen LogP) is 6.99. The molecule has 0 saturated heterocycles. The van der Waals surface area contributed by atoms with Crippen LogP contribution in [0.4, 0.5) is 18.9 Å². The molecule has 248 valence electrons. The van der Waals surface area contributed by atoms with Gasteiger partial charge in [-0.25, -0.2) is 8.42 Å². The summed E-state index contributed by atoms with van der Waals surface area (Å²) < 4.78 is 66.3. The minimum absolute atomic E-state index is 0.00344. The van der Waals surface area contributed by atoms with Crippen LogP contribution in [-0.2, 0) is 38.8 Å². The largest absolute Gasteiger partial charge is 0.416 e. The van der Waals surface area contributed by atoms with E-state index in [9.17, 15) is 31.2 Å². The summed E-state index contributed by atoms with van der Waals surface area (Å²) in [5, 5.41) is 3.59. The Hall–Kier alpha value is -3.57. The number of carbonyl (C=O) groups is 2. The lowest BCUT2D eigenvalue weighted by atomic mass is 9.94. The van der Waals surface area contributed by atoms with Crippen LogP contribution in [0.2, 0.25) is 5.02 Å². The summed E-state index contributed by atoms with van der Waals surface area (Å²) in [5.74, 6) is -0.685. The first-order valence-corrected chi connectivity index (χ1v) is 17.6. The highest BCUT2D eigenvalue weighted by Crippen LogP contribution is 2.32. The molecule has 3 aromatic carbocycles. The Kier molecular flexibility index (Phi) is 12.1. The first-order valence-electron chi connectivity index (χ1n) is 15.3. The normalized spacial score (nSPS) is 14.8. The van der Waals surface area contributed by atoms with Crippen molar-refractivity contribution in [2.75, 3.05) is 17.1 Å². The highest BCUT2D eigenvalue weighted by molar-refractivity contribution is 7.92. The van der Waals surface area contributed by atoms with Gasteiger partial charge in [0.05, 0.1) is 17.5 Å². The molecule has 12 heteroatoms. The van der Waals surface area contributed by atoms with Gasteiger partial charge in [-0.2, -0.15) is 13.2 Å². The Labute approximate surface area is 273 Å². The van der Waals surface area contributed by atoms with E-state index in [1.165, 1.54) is 11.0 Å². The topological polar surface area (TPSA) is 86.8 Å². The third kappa shape index (κ3) is 9.96. The zero-order chi connectivity index (χ0) is 33.3. The van der Waals surface area contributed by atoms with Crippen LogP contribution in [0.1, 0.15) is 61.6 Å². The average Bonchev–Trinajstić information content (AvgIpc) is 3.01. The first kappa shape index (κ1) is 35.3. The number of benzene rings is 3. The van der Waals surface area contributed by atoms with Crippen molar-refractivity contribution in [3.63, 3.8) is 0 Å². The lowest BCUT2D eigenvalue weighted by Crippen LogP contribution is -2.53. The monoisotopic (exact) mass is 677 g/mol. The van der Waals surface area contributed by atoms with Gasteiger partial charge in [0.2, 0.25) is 21.8 Å². The number of hydrogen-bond donors (Lipinski definition) is 1. The van der Waals surface area contributed by atoms with E-state index < -0.39 is 33.7 Å². The second kappa shape index (κ2) is 15.8. The highest BCUT2D eigenvalue weighted by Gasteiger charge is 2.33. The van der Waals surface area contributed by atoms with Crippen molar-refractivity contribution in [2.24, 2.45) is 0 Å². The number of alkyl halides is 3. The summed E-state index contributed by atoms with van der Waals surface area (Å²) in [6.07, 6.45) is 1.21. The Morgan fingerprint density at radius 1 is 0.957 bits per heavy atom. The molecule has 0 radical (unpaired) electrons. The maximum absolute atomic E-state index is 14.0. The molecule has 7 nitrogen and oxygen atoms in total. The lowest BCUT2D eigenvalue weighted by Gasteiger charge is -2.34. The first-order chi connectivity index (χ1) is 21.8. The van der Waals surface area contributed by atoms with Crippen LogP contribution in [0, 0.1) is 0 Å². The smallest absolute Gasteiger partial charge is 0.352 e. The lowest BCUT2D eigenvalue weighted by molar-refractivity contribution is -0.141. The van der Waals surface area contributed by atoms with Gasteiger partial charge in [0.1, 0.15) is 6.04 Å². The summed E-state index contributed by atoms with van der Waals surface area (Å²) in [7, 11) is -3.98. The Morgan fingerprint density at radius 3 is 2.28 bits per heavy atom. The van der Waals surface area contributed by atoms with E-state index in [1.807, 2.05) is 30.3 Å². The van der Waals surface area contributed by atoms with Crippen molar-refractivity contribution in [3.05, 3.63) is 101 Å². The Balaban J connectivity index is 1.60. The number of anilines is 1. The van der Waals surface area contributed by atoms with Crippen LogP contribution in [0.3, 0.4) is 0 Å². The molecule has 3 aromatic rings. The quantitative estimate of drug-likeness (QED) is 0.211. The molecule has 1 saturated carbocycles. The van der Waals surface area contributed by atoms with Crippen LogP contribution in [0.15, 0.2) is 78.9 Å². The number of sulfonamides is 1. The third-order valence-corrected chi connectivity index (χ3v) is 9.70. The number of amides is 2. The van der Waals surface area contributed by atoms with Crippen LogP contribution >= 0.6 is 11.6 Å². The zero-order valence-electron chi connectivity index (χ0n) is 25.7. The summed E-state index contributed by atoms with van der Waals surface area (Å²) in [6.45, 7) is -0.194. The number of hydrogen-bond acceptors (Lipinski definition) is 4. The predicted molar refractivity (Wildman–Crippen MR) is 174 cm³/mol.